The molecule has 0 aliphatic carbocycles. The summed E-state index contributed by atoms with van der Waals surface area (Å²) in [5, 5.41) is 4.79. The third-order valence-electron chi connectivity index (χ3n) is 1.81. The first-order chi connectivity index (χ1) is 6.79. The summed E-state index contributed by atoms with van der Waals surface area (Å²) in [6.45, 7) is 1.79. The van der Waals surface area contributed by atoms with Crippen LogP contribution in [-0.2, 0) is 4.79 Å². The van der Waals surface area contributed by atoms with Crippen LogP contribution in [0.1, 0.15) is 13.3 Å². The highest BCUT2D eigenvalue weighted by Crippen LogP contribution is 2.35. The zero-order valence-electron chi connectivity index (χ0n) is 7.73. The highest BCUT2D eigenvalue weighted by Gasteiger charge is 2.18. The van der Waals surface area contributed by atoms with Crippen molar-refractivity contribution in [3.63, 3.8) is 0 Å². The van der Waals surface area contributed by atoms with Crippen molar-refractivity contribution >= 4 is 28.5 Å². The number of benzene rings is 1. The molecule has 0 bridgehead atoms. The number of hydrogen-bond donors (Lipinski definition) is 0. The Bertz CT molecular complexity index is 374. The Morgan fingerprint density at radius 1 is 1.50 bits per heavy atom. The van der Waals surface area contributed by atoms with Gasteiger partial charge in [0.15, 0.2) is 5.17 Å². The second-order valence-corrected chi connectivity index (χ2v) is 3.83. The number of carbonyl (C=O) groups is 1. The first-order valence-corrected chi connectivity index (χ1v) is 5.21. The molecule has 0 fully saturated rings. The van der Waals surface area contributed by atoms with E-state index in [1.165, 1.54) is 11.8 Å². The Kier molecular flexibility index (Phi) is 2.54. The van der Waals surface area contributed by atoms with Gasteiger partial charge in [-0.25, -0.2) is 5.32 Å². The third-order valence-corrected chi connectivity index (χ3v) is 2.74. The molecule has 1 aliphatic rings. The molecule has 71 valence electrons. The minimum Gasteiger partial charge on any atom is -0.273 e. The van der Waals surface area contributed by atoms with Gasteiger partial charge in [-0.1, -0.05) is 19.1 Å². The molecule has 1 heterocycles. The van der Waals surface area contributed by atoms with Crippen LogP contribution in [0.25, 0.3) is 0 Å². The van der Waals surface area contributed by atoms with Crippen LogP contribution in [0, 0.1) is 0 Å². The van der Waals surface area contributed by atoms with Crippen molar-refractivity contribution in [2.24, 2.45) is 4.99 Å². The fourth-order valence-electron chi connectivity index (χ4n) is 1.09. The van der Waals surface area contributed by atoms with Gasteiger partial charge in [-0.15, -0.1) is 0 Å². The highest BCUT2D eigenvalue weighted by atomic mass is 32.2. The van der Waals surface area contributed by atoms with Crippen LogP contribution in [0.2, 0.25) is 0 Å². The lowest BCUT2D eigenvalue weighted by Gasteiger charge is -1.91. The predicted molar refractivity (Wildman–Crippen MR) is 56.8 cm³/mol. The molecule has 14 heavy (non-hydrogen) atoms. The standard InChI is InChI=1S/C10H9N2OS/c1-2-9(13)12-10-11-7-5-3-4-6-8(7)14-10/h3-6H,2H2,1H3. The first-order valence-electron chi connectivity index (χ1n) is 4.39. The number of hydrogen-bond acceptors (Lipinski definition) is 2. The lowest BCUT2D eigenvalue weighted by atomic mass is 10.3. The lowest BCUT2D eigenvalue weighted by Crippen LogP contribution is -2.03. The van der Waals surface area contributed by atoms with E-state index in [4.69, 9.17) is 0 Å². The molecule has 1 aromatic carbocycles. The number of amides is 1. The summed E-state index contributed by atoms with van der Waals surface area (Å²) in [4.78, 5) is 16.0. The largest absolute Gasteiger partial charge is 0.273 e. The van der Waals surface area contributed by atoms with Crippen molar-refractivity contribution in [2.45, 2.75) is 18.2 Å². The van der Waals surface area contributed by atoms with Crippen LogP contribution in [0.15, 0.2) is 34.2 Å². The molecule has 4 heteroatoms. The zero-order chi connectivity index (χ0) is 9.97. The maximum atomic E-state index is 11.1. The Balaban J connectivity index is 2.19. The van der Waals surface area contributed by atoms with Crippen molar-refractivity contribution in [1.82, 2.24) is 5.32 Å². The van der Waals surface area contributed by atoms with Crippen LogP contribution < -0.4 is 5.32 Å². The normalized spacial score (nSPS) is 16.5. The molecule has 3 nitrogen and oxygen atoms in total. The fraction of sp³-hybridized carbons (Fsp3) is 0.200. The monoisotopic (exact) mass is 205 g/mol. The van der Waals surface area contributed by atoms with Gasteiger partial charge in [0.05, 0.1) is 5.69 Å². The average molecular weight is 205 g/mol. The smallest absolute Gasteiger partial charge is 0.247 e. The van der Waals surface area contributed by atoms with Gasteiger partial charge < -0.3 is 0 Å². The van der Waals surface area contributed by atoms with Gasteiger partial charge in [-0.2, -0.15) is 4.99 Å². The number of aliphatic imine (C=N–C) groups is 1. The molecule has 0 saturated heterocycles. The van der Waals surface area contributed by atoms with E-state index in [2.05, 4.69) is 10.3 Å². The second-order valence-electron chi connectivity index (χ2n) is 2.82. The maximum Gasteiger partial charge on any atom is 0.247 e. The van der Waals surface area contributed by atoms with Gasteiger partial charge in [-0.3, -0.25) is 4.79 Å². The first kappa shape index (κ1) is 9.27. The van der Waals surface area contributed by atoms with Crippen molar-refractivity contribution in [3.8, 4) is 0 Å². The van der Waals surface area contributed by atoms with Crippen molar-refractivity contribution < 1.29 is 4.79 Å². The Labute approximate surface area is 86.6 Å². The fourth-order valence-corrected chi connectivity index (χ4v) is 1.95. The van der Waals surface area contributed by atoms with Gasteiger partial charge in [0.1, 0.15) is 0 Å². The van der Waals surface area contributed by atoms with E-state index in [0.717, 1.165) is 10.6 Å². The summed E-state index contributed by atoms with van der Waals surface area (Å²) >= 11 is 1.44. The number of amidine groups is 1. The van der Waals surface area contributed by atoms with Gasteiger partial charge in [0, 0.05) is 11.3 Å². The topological polar surface area (TPSA) is 43.5 Å². The molecule has 1 radical (unpaired) electrons. The summed E-state index contributed by atoms with van der Waals surface area (Å²) in [5.41, 5.74) is 0.903. The number of nitrogens with zero attached hydrogens (tertiary/aromatic N) is 2. The van der Waals surface area contributed by atoms with E-state index < -0.39 is 0 Å². The number of thioether (sulfide) groups is 1. The number of rotatable bonds is 1. The van der Waals surface area contributed by atoms with Crippen molar-refractivity contribution in [2.75, 3.05) is 0 Å². The second kappa shape index (κ2) is 3.84. The molecule has 1 aliphatic heterocycles. The minimum absolute atomic E-state index is 0.121. The minimum atomic E-state index is -0.121. The van der Waals surface area contributed by atoms with Crippen LogP contribution in [0.4, 0.5) is 5.69 Å². The van der Waals surface area contributed by atoms with Gasteiger partial charge in [0.25, 0.3) is 0 Å². The van der Waals surface area contributed by atoms with E-state index in [9.17, 15) is 4.79 Å². The van der Waals surface area contributed by atoms with E-state index in [1.54, 1.807) is 6.92 Å². The van der Waals surface area contributed by atoms with Crippen molar-refractivity contribution in [3.05, 3.63) is 24.3 Å². The molecule has 0 atom stereocenters. The summed E-state index contributed by atoms with van der Waals surface area (Å²) in [5.74, 6) is -0.121. The summed E-state index contributed by atoms with van der Waals surface area (Å²) in [7, 11) is 0. The summed E-state index contributed by atoms with van der Waals surface area (Å²) in [6.07, 6.45) is 0.427. The number of para-hydroxylation sites is 1. The van der Waals surface area contributed by atoms with Crippen LogP contribution in [-0.4, -0.2) is 11.1 Å². The molecule has 0 N–H and O–H groups in total. The Morgan fingerprint density at radius 2 is 2.29 bits per heavy atom. The van der Waals surface area contributed by atoms with E-state index in [1.807, 2.05) is 24.3 Å². The lowest BCUT2D eigenvalue weighted by molar-refractivity contribution is -0.117. The van der Waals surface area contributed by atoms with Gasteiger partial charge in [-0.05, 0) is 23.9 Å². The SMILES string of the molecule is CCC(=O)N=C1[N]c2ccccc2S1. The predicted octanol–water partition coefficient (Wildman–Crippen LogP) is 2.32. The molecule has 0 aromatic heterocycles. The highest BCUT2D eigenvalue weighted by molar-refractivity contribution is 8.14. The Hall–Kier alpha value is -1.29. The van der Waals surface area contributed by atoms with Crippen LogP contribution in [0.3, 0.4) is 0 Å². The van der Waals surface area contributed by atoms with Crippen LogP contribution >= 0.6 is 11.8 Å². The van der Waals surface area contributed by atoms with Gasteiger partial charge >= 0.3 is 0 Å². The molecule has 1 aromatic rings. The summed E-state index contributed by atoms with van der Waals surface area (Å²) in [6, 6.07) is 7.77. The van der Waals surface area contributed by atoms with Crippen molar-refractivity contribution in [1.29, 1.82) is 0 Å². The molecule has 0 unspecified atom stereocenters. The quantitative estimate of drug-likeness (QED) is 0.706. The van der Waals surface area contributed by atoms with Crippen LogP contribution in [0.5, 0.6) is 0 Å². The molecule has 1 amide bonds. The average Bonchev–Trinajstić information content (AvgIpc) is 2.59. The van der Waals surface area contributed by atoms with E-state index in [-0.39, 0.29) is 5.91 Å². The number of fused-ring (bicyclic) bond motifs is 1. The zero-order valence-corrected chi connectivity index (χ0v) is 8.54. The van der Waals surface area contributed by atoms with E-state index in [0.29, 0.717) is 11.6 Å². The van der Waals surface area contributed by atoms with Gasteiger partial charge in [0.2, 0.25) is 5.91 Å². The molecule has 0 spiro atoms. The molecule has 2 rings (SSSR count). The summed E-state index contributed by atoms with van der Waals surface area (Å²) < 4.78 is 0. The third kappa shape index (κ3) is 1.80. The Morgan fingerprint density at radius 3 is 3.00 bits per heavy atom. The van der Waals surface area contributed by atoms with E-state index >= 15 is 0 Å². The maximum absolute atomic E-state index is 11.1. The molecular formula is C10H9N2OS. The molecule has 0 saturated carbocycles. The molecular weight excluding hydrogens is 196 g/mol. The number of carbonyl (C=O) groups excluding carboxylic acids is 1.